The number of nitrogens with one attached hydrogen (secondary N) is 2. The van der Waals surface area contributed by atoms with Crippen molar-refractivity contribution in [2.75, 3.05) is 0 Å². The van der Waals surface area contributed by atoms with E-state index in [9.17, 15) is 22.8 Å². The summed E-state index contributed by atoms with van der Waals surface area (Å²) in [5.74, 6) is -1.56. The van der Waals surface area contributed by atoms with E-state index in [0.29, 0.717) is 11.5 Å². The average molecular weight is 449 g/mol. The highest BCUT2D eigenvalue weighted by atomic mass is 19.4. The lowest BCUT2D eigenvalue weighted by atomic mass is 9.75. The predicted octanol–water partition coefficient (Wildman–Crippen LogP) is 2.78. The molecule has 0 radical (unpaired) electrons. The van der Waals surface area contributed by atoms with Crippen LogP contribution in [0.4, 0.5) is 13.2 Å². The monoisotopic (exact) mass is 449 g/mol. The van der Waals surface area contributed by atoms with Gasteiger partial charge in [-0.2, -0.15) is 13.2 Å². The topological polar surface area (TPSA) is 89.6 Å². The Morgan fingerprint density at radius 1 is 0.938 bits per heavy atom. The molecule has 2 aromatic rings. The molecule has 2 N–H and O–H groups in total. The molecule has 0 bridgehead atoms. The van der Waals surface area contributed by atoms with Crippen LogP contribution in [0, 0.1) is 6.92 Å². The highest BCUT2D eigenvalue weighted by Crippen LogP contribution is 2.36. The molecule has 1 fully saturated rings. The van der Waals surface area contributed by atoms with Gasteiger partial charge in [0.05, 0.1) is 11.2 Å². The van der Waals surface area contributed by atoms with E-state index in [2.05, 4.69) is 15.8 Å². The number of alkyl halides is 3. The second-order valence-corrected chi connectivity index (χ2v) is 8.50. The van der Waals surface area contributed by atoms with E-state index in [-0.39, 0.29) is 11.1 Å². The van der Waals surface area contributed by atoms with Gasteiger partial charge in [0, 0.05) is 17.3 Å². The Bertz CT molecular complexity index is 1040. The molecule has 1 aromatic carbocycles. The summed E-state index contributed by atoms with van der Waals surface area (Å²) in [7, 11) is -0.681. The molecule has 0 spiro atoms. The number of hydrogen-bond acceptors (Lipinski definition) is 5. The minimum atomic E-state index is -4.69. The quantitative estimate of drug-likeness (QED) is 0.556. The molecule has 1 saturated heterocycles. The van der Waals surface area contributed by atoms with Crippen LogP contribution in [0.15, 0.2) is 36.5 Å². The molecule has 170 valence electrons. The van der Waals surface area contributed by atoms with E-state index in [1.807, 2.05) is 34.6 Å². The number of benzene rings is 1. The molecular formula is C21H23BF3N3O4. The van der Waals surface area contributed by atoms with Gasteiger partial charge in [-0.25, -0.2) is 0 Å². The van der Waals surface area contributed by atoms with E-state index in [0.717, 1.165) is 17.8 Å². The standard InChI is InChI=1S/C21H23BF3N3O4/c1-12-6-7-13(10-15(12)22-31-19(2,3)20(4,5)32-22)17(29)27-28-18(30)14-8-9-26-16(11-14)21(23,24)25/h6-11H,1-5H3,(H,27,29)(H,28,30). The van der Waals surface area contributed by atoms with Crippen molar-refractivity contribution in [3.05, 3.63) is 58.9 Å². The number of aryl methyl sites for hydroxylation is 1. The fraction of sp³-hybridized carbons (Fsp3) is 0.381. The average Bonchev–Trinajstić information content (AvgIpc) is 2.92. The first-order valence-electron chi connectivity index (χ1n) is 9.81. The summed E-state index contributed by atoms with van der Waals surface area (Å²) in [6.07, 6.45) is -3.82. The smallest absolute Gasteiger partial charge is 0.399 e. The maximum absolute atomic E-state index is 12.8. The van der Waals surface area contributed by atoms with Gasteiger partial charge in [-0.05, 0) is 64.3 Å². The zero-order valence-electron chi connectivity index (χ0n) is 18.3. The van der Waals surface area contributed by atoms with Gasteiger partial charge in [0.25, 0.3) is 11.8 Å². The van der Waals surface area contributed by atoms with Crippen LogP contribution in [0.5, 0.6) is 0 Å². The van der Waals surface area contributed by atoms with Gasteiger partial charge >= 0.3 is 13.3 Å². The molecule has 2 amide bonds. The van der Waals surface area contributed by atoms with E-state index in [4.69, 9.17) is 9.31 Å². The number of carbonyl (C=O) groups excluding carboxylic acids is 2. The molecule has 11 heteroatoms. The summed E-state index contributed by atoms with van der Waals surface area (Å²) in [6.45, 7) is 9.51. The van der Waals surface area contributed by atoms with Gasteiger partial charge in [-0.1, -0.05) is 11.6 Å². The van der Waals surface area contributed by atoms with Crippen molar-refractivity contribution in [3.8, 4) is 0 Å². The van der Waals surface area contributed by atoms with Gasteiger partial charge in [-0.3, -0.25) is 25.4 Å². The third kappa shape index (κ3) is 4.78. The summed E-state index contributed by atoms with van der Waals surface area (Å²) < 4.78 is 50.4. The van der Waals surface area contributed by atoms with E-state index < -0.39 is 42.0 Å². The number of rotatable bonds is 3. The maximum atomic E-state index is 12.8. The number of pyridine rings is 1. The third-order valence-corrected chi connectivity index (χ3v) is 5.65. The zero-order chi connectivity index (χ0) is 23.9. The van der Waals surface area contributed by atoms with Crippen LogP contribution in [0.1, 0.15) is 59.7 Å². The first kappa shape index (κ1) is 23.7. The Morgan fingerprint density at radius 2 is 1.47 bits per heavy atom. The molecule has 1 aromatic heterocycles. The number of halogens is 3. The minimum Gasteiger partial charge on any atom is -0.399 e. The lowest BCUT2D eigenvalue weighted by molar-refractivity contribution is -0.141. The largest absolute Gasteiger partial charge is 0.495 e. The summed E-state index contributed by atoms with van der Waals surface area (Å²) in [5.41, 5.74) is 3.41. The van der Waals surface area contributed by atoms with Crippen molar-refractivity contribution in [2.24, 2.45) is 0 Å². The molecule has 2 heterocycles. The summed E-state index contributed by atoms with van der Waals surface area (Å²) in [4.78, 5) is 27.9. The van der Waals surface area contributed by atoms with Crippen LogP contribution < -0.4 is 16.3 Å². The molecule has 32 heavy (non-hydrogen) atoms. The first-order valence-corrected chi connectivity index (χ1v) is 9.81. The first-order chi connectivity index (χ1) is 14.7. The van der Waals surface area contributed by atoms with E-state index in [1.54, 1.807) is 18.2 Å². The van der Waals surface area contributed by atoms with Crippen LogP contribution in [-0.2, 0) is 15.5 Å². The lowest BCUT2D eigenvalue weighted by Crippen LogP contribution is -2.42. The van der Waals surface area contributed by atoms with Crippen molar-refractivity contribution in [1.29, 1.82) is 0 Å². The molecule has 0 atom stereocenters. The second-order valence-electron chi connectivity index (χ2n) is 8.50. The Labute approximate surface area is 183 Å². The predicted molar refractivity (Wildman–Crippen MR) is 111 cm³/mol. The van der Waals surface area contributed by atoms with E-state index >= 15 is 0 Å². The van der Waals surface area contributed by atoms with Crippen LogP contribution in [-0.4, -0.2) is 35.1 Å². The van der Waals surface area contributed by atoms with Gasteiger partial charge in [0.15, 0.2) is 0 Å². The Hall–Kier alpha value is -2.92. The SMILES string of the molecule is Cc1ccc(C(=O)NNC(=O)c2ccnc(C(F)(F)F)c2)cc1B1OC(C)(C)C(C)(C)O1. The Morgan fingerprint density at radius 3 is 2.00 bits per heavy atom. The molecule has 1 aliphatic rings. The number of hydrazine groups is 1. The van der Waals surface area contributed by atoms with E-state index in [1.165, 1.54) is 0 Å². The van der Waals surface area contributed by atoms with Crippen molar-refractivity contribution in [2.45, 2.75) is 52.0 Å². The van der Waals surface area contributed by atoms with Gasteiger partial charge in [0.1, 0.15) is 5.69 Å². The van der Waals surface area contributed by atoms with Crippen LogP contribution >= 0.6 is 0 Å². The van der Waals surface area contributed by atoms with Crippen molar-refractivity contribution < 1.29 is 32.1 Å². The Balaban J connectivity index is 1.72. The number of carbonyl (C=O) groups is 2. The minimum absolute atomic E-state index is 0.214. The number of amides is 2. The van der Waals surface area contributed by atoms with Gasteiger partial charge < -0.3 is 9.31 Å². The fourth-order valence-corrected chi connectivity index (χ4v) is 2.99. The molecule has 0 aliphatic carbocycles. The second kappa shape index (κ2) is 8.21. The molecule has 0 saturated carbocycles. The number of hydrogen-bond donors (Lipinski definition) is 2. The number of nitrogens with zero attached hydrogens (tertiary/aromatic N) is 1. The Kier molecular flexibility index (Phi) is 6.09. The van der Waals surface area contributed by atoms with Crippen LogP contribution in [0.2, 0.25) is 0 Å². The van der Waals surface area contributed by atoms with Crippen LogP contribution in [0.3, 0.4) is 0 Å². The highest BCUT2D eigenvalue weighted by Gasteiger charge is 2.52. The van der Waals surface area contributed by atoms with Gasteiger partial charge in [0.2, 0.25) is 0 Å². The molecule has 0 unspecified atom stereocenters. The maximum Gasteiger partial charge on any atom is 0.495 e. The normalized spacial score (nSPS) is 17.2. The van der Waals surface area contributed by atoms with Crippen molar-refractivity contribution >= 4 is 24.4 Å². The zero-order valence-corrected chi connectivity index (χ0v) is 18.3. The summed E-state index contributed by atoms with van der Waals surface area (Å²) >= 11 is 0. The third-order valence-electron chi connectivity index (χ3n) is 5.65. The molecule has 7 nitrogen and oxygen atoms in total. The molecular weight excluding hydrogens is 426 g/mol. The molecule has 3 rings (SSSR count). The summed E-state index contributed by atoms with van der Waals surface area (Å²) in [5, 5.41) is 0. The number of aromatic nitrogens is 1. The highest BCUT2D eigenvalue weighted by molar-refractivity contribution is 6.62. The van der Waals surface area contributed by atoms with Crippen LogP contribution in [0.25, 0.3) is 0 Å². The fourth-order valence-electron chi connectivity index (χ4n) is 2.99. The lowest BCUT2D eigenvalue weighted by Gasteiger charge is -2.32. The van der Waals surface area contributed by atoms with Crippen molar-refractivity contribution in [1.82, 2.24) is 15.8 Å². The molecule has 1 aliphatic heterocycles. The van der Waals surface area contributed by atoms with Gasteiger partial charge in [-0.15, -0.1) is 0 Å². The summed E-state index contributed by atoms with van der Waals surface area (Å²) in [6, 6.07) is 6.57. The van der Waals surface area contributed by atoms with Crippen molar-refractivity contribution in [3.63, 3.8) is 0 Å².